The molecule has 1 aliphatic heterocycles. The summed E-state index contributed by atoms with van der Waals surface area (Å²) in [6.45, 7) is 0. The quantitative estimate of drug-likeness (QED) is 0.826. The molecule has 0 saturated heterocycles. The summed E-state index contributed by atoms with van der Waals surface area (Å²) in [5, 5.41) is 2.01. The van der Waals surface area contributed by atoms with E-state index in [1.54, 1.807) is 6.26 Å². The summed E-state index contributed by atoms with van der Waals surface area (Å²) < 4.78 is 37.4. The Bertz CT molecular complexity index is 444. The summed E-state index contributed by atoms with van der Waals surface area (Å²) in [6.07, 6.45) is -2.68. The lowest BCUT2D eigenvalue weighted by Gasteiger charge is -2.09. The van der Waals surface area contributed by atoms with Crippen molar-refractivity contribution >= 4 is 23.4 Å². The van der Waals surface area contributed by atoms with Gasteiger partial charge in [-0.3, -0.25) is 4.79 Å². The Morgan fingerprint density at radius 3 is 2.62 bits per heavy atom. The van der Waals surface area contributed by atoms with Crippen molar-refractivity contribution in [3.8, 4) is 0 Å². The van der Waals surface area contributed by atoms with Crippen LogP contribution in [0.15, 0.2) is 18.2 Å². The number of fused-ring (bicyclic) bond motifs is 1. The molecular weight excluding hydrogens is 239 g/mol. The van der Waals surface area contributed by atoms with E-state index < -0.39 is 17.0 Å². The van der Waals surface area contributed by atoms with Crippen molar-refractivity contribution in [3.05, 3.63) is 29.3 Å². The number of nitrogens with one attached hydrogen (secondary N) is 1. The summed E-state index contributed by atoms with van der Waals surface area (Å²) in [4.78, 5) is 11.4. The fourth-order valence-electron chi connectivity index (χ4n) is 1.64. The Morgan fingerprint density at radius 1 is 1.38 bits per heavy atom. The third kappa shape index (κ3) is 1.77. The minimum absolute atomic E-state index is 0.262. The maximum absolute atomic E-state index is 12.5. The number of anilines is 1. The fraction of sp³-hybridized carbons (Fsp3) is 0.300. The fourth-order valence-corrected chi connectivity index (χ4v) is 2.37. The van der Waals surface area contributed by atoms with Crippen LogP contribution in [0.5, 0.6) is 0 Å². The van der Waals surface area contributed by atoms with Gasteiger partial charge in [0.1, 0.15) is 5.25 Å². The second-order valence-electron chi connectivity index (χ2n) is 3.40. The molecule has 1 aromatic carbocycles. The Labute approximate surface area is 94.2 Å². The zero-order valence-electron chi connectivity index (χ0n) is 8.26. The average Bonchev–Trinajstić information content (AvgIpc) is 2.50. The molecule has 86 valence electrons. The topological polar surface area (TPSA) is 29.1 Å². The monoisotopic (exact) mass is 247 g/mol. The van der Waals surface area contributed by atoms with Crippen molar-refractivity contribution in [2.75, 3.05) is 11.6 Å². The van der Waals surface area contributed by atoms with E-state index in [9.17, 15) is 18.0 Å². The molecule has 0 spiro atoms. The number of amides is 1. The van der Waals surface area contributed by atoms with Crippen LogP contribution in [0.2, 0.25) is 0 Å². The first-order valence-corrected chi connectivity index (χ1v) is 5.77. The molecule has 1 aromatic rings. The molecular formula is C10H8F3NOS. The lowest BCUT2D eigenvalue weighted by molar-refractivity contribution is -0.137. The van der Waals surface area contributed by atoms with Crippen LogP contribution in [0.4, 0.5) is 18.9 Å². The van der Waals surface area contributed by atoms with Gasteiger partial charge < -0.3 is 5.32 Å². The highest BCUT2D eigenvalue weighted by Crippen LogP contribution is 2.41. The summed E-state index contributed by atoms with van der Waals surface area (Å²) in [6, 6.07) is 3.31. The maximum Gasteiger partial charge on any atom is 0.416 e. The van der Waals surface area contributed by atoms with Crippen LogP contribution in [-0.2, 0) is 11.0 Å². The molecule has 6 heteroatoms. The van der Waals surface area contributed by atoms with Crippen molar-refractivity contribution in [1.29, 1.82) is 0 Å². The van der Waals surface area contributed by atoms with Gasteiger partial charge in [0.2, 0.25) is 5.91 Å². The standard InChI is InChI=1S/C10H8F3NOS/c1-16-8-6-4-5(10(11,12)13)2-3-7(6)14-9(8)15/h2-4,8H,1H3,(H,14,15). The van der Waals surface area contributed by atoms with Crippen LogP contribution in [-0.4, -0.2) is 12.2 Å². The van der Waals surface area contributed by atoms with Crippen molar-refractivity contribution in [2.45, 2.75) is 11.4 Å². The lowest BCUT2D eigenvalue weighted by Crippen LogP contribution is -2.08. The van der Waals surface area contributed by atoms with Crippen molar-refractivity contribution in [2.24, 2.45) is 0 Å². The molecule has 1 atom stereocenters. The number of thioether (sulfide) groups is 1. The van der Waals surface area contributed by atoms with E-state index in [0.29, 0.717) is 11.3 Å². The normalized spacial score (nSPS) is 19.5. The van der Waals surface area contributed by atoms with Crippen molar-refractivity contribution in [3.63, 3.8) is 0 Å². The molecule has 0 fully saturated rings. The predicted molar refractivity (Wildman–Crippen MR) is 56.3 cm³/mol. The van der Waals surface area contributed by atoms with Gasteiger partial charge in [-0.05, 0) is 30.0 Å². The van der Waals surface area contributed by atoms with Crippen molar-refractivity contribution in [1.82, 2.24) is 0 Å². The molecule has 1 aliphatic rings. The Morgan fingerprint density at radius 2 is 2.06 bits per heavy atom. The molecule has 0 saturated carbocycles. The lowest BCUT2D eigenvalue weighted by atomic mass is 10.1. The van der Waals surface area contributed by atoms with Gasteiger partial charge >= 0.3 is 6.18 Å². The first-order chi connectivity index (χ1) is 7.43. The maximum atomic E-state index is 12.5. The van der Waals surface area contributed by atoms with Crippen LogP contribution in [0.3, 0.4) is 0 Å². The molecule has 0 radical (unpaired) electrons. The average molecular weight is 247 g/mol. The van der Waals surface area contributed by atoms with Gasteiger partial charge in [-0.1, -0.05) is 0 Å². The van der Waals surface area contributed by atoms with E-state index >= 15 is 0 Å². The van der Waals surface area contributed by atoms with Gasteiger partial charge in [0.15, 0.2) is 0 Å². The third-order valence-electron chi connectivity index (χ3n) is 2.39. The second kappa shape index (κ2) is 3.69. The molecule has 2 nitrogen and oxygen atoms in total. The van der Waals surface area contributed by atoms with E-state index in [1.807, 2.05) is 0 Å². The number of alkyl halides is 3. The van der Waals surface area contributed by atoms with Crippen LogP contribution in [0, 0.1) is 0 Å². The summed E-state index contributed by atoms with van der Waals surface area (Å²) in [5.74, 6) is -0.262. The molecule has 1 heterocycles. The molecule has 1 unspecified atom stereocenters. The number of hydrogen-bond acceptors (Lipinski definition) is 2. The molecule has 0 bridgehead atoms. The number of carbonyl (C=O) groups excluding carboxylic acids is 1. The van der Waals surface area contributed by atoms with Gasteiger partial charge in [-0.25, -0.2) is 0 Å². The van der Waals surface area contributed by atoms with Crippen LogP contribution < -0.4 is 5.32 Å². The largest absolute Gasteiger partial charge is 0.416 e. The van der Waals surface area contributed by atoms with Gasteiger partial charge in [0.25, 0.3) is 0 Å². The minimum Gasteiger partial charge on any atom is -0.325 e. The van der Waals surface area contributed by atoms with E-state index in [0.717, 1.165) is 12.1 Å². The van der Waals surface area contributed by atoms with Crippen molar-refractivity contribution < 1.29 is 18.0 Å². The predicted octanol–water partition coefficient (Wildman–Crippen LogP) is 3.06. The SMILES string of the molecule is CSC1C(=O)Nc2ccc(C(F)(F)F)cc21. The van der Waals surface area contributed by atoms with Crippen LogP contribution in [0.1, 0.15) is 16.4 Å². The zero-order chi connectivity index (χ0) is 11.9. The number of halogens is 3. The third-order valence-corrected chi connectivity index (χ3v) is 3.33. The van der Waals surface area contributed by atoms with E-state index in [4.69, 9.17) is 0 Å². The smallest absolute Gasteiger partial charge is 0.325 e. The highest BCUT2D eigenvalue weighted by atomic mass is 32.2. The molecule has 0 aliphatic carbocycles. The Kier molecular flexibility index (Phi) is 2.61. The molecule has 1 N–H and O–H groups in total. The first kappa shape index (κ1) is 11.3. The number of carbonyl (C=O) groups is 1. The zero-order valence-corrected chi connectivity index (χ0v) is 9.08. The summed E-state index contributed by atoms with van der Waals surface area (Å²) >= 11 is 1.22. The highest BCUT2D eigenvalue weighted by Gasteiger charge is 2.35. The summed E-state index contributed by atoms with van der Waals surface area (Å²) in [5.41, 5.74) is 0.159. The molecule has 2 rings (SSSR count). The molecule has 16 heavy (non-hydrogen) atoms. The van der Waals surface area contributed by atoms with E-state index in [-0.39, 0.29) is 5.91 Å². The minimum atomic E-state index is -4.37. The molecule has 0 aromatic heterocycles. The number of hydrogen-bond donors (Lipinski definition) is 1. The van der Waals surface area contributed by atoms with Gasteiger partial charge in [0.05, 0.1) is 5.56 Å². The van der Waals surface area contributed by atoms with E-state index in [2.05, 4.69) is 5.32 Å². The van der Waals surface area contributed by atoms with E-state index in [1.165, 1.54) is 17.8 Å². The molecule has 1 amide bonds. The van der Waals surface area contributed by atoms with Gasteiger partial charge in [-0.15, -0.1) is 11.8 Å². The second-order valence-corrected chi connectivity index (χ2v) is 4.35. The first-order valence-electron chi connectivity index (χ1n) is 4.48. The number of benzene rings is 1. The van der Waals surface area contributed by atoms with Crippen LogP contribution >= 0.6 is 11.8 Å². The van der Waals surface area contributed by atoms with Gasteiger partial charge in [-0.2, -0.15) is 13.2 Å². The van der Waals surface area contributed by atoms with Crippen LogP contribution in [0.25, 0.3) is 0 Å². The van der Waals surface area contributed by atoms with Gasteiger partial charge in [0, 0.05) is 5.69 Å². The Hall–Kier alpha value is -1.17. The number of rotatable bonds is 1. The summed E-state index contributed by atoms with van der Waals surface area (Å²) in [7, 11) is 0. The highest BCUT2D eigenvalue weighted by molar-refractivity contribution is 7.99. The Balaban J connectivity index is 2.47.